The summed E-state index contributed by atoms with van der Waals surface area (Å²) in [5, 5.41) is 3.93. The van der Waals surface area contributed by atoms with Gasteiger partial charge in [0.05, 0.1) is 0 Å². The Hall–Kier alpha value is -2.23. The van der Waals surface area contributed by atoms with Crippen molar-refractivity contribution in [2.24, 2.45) is 0 Å². The molecular formula is C12H9N3O. The molecule has 0 aromatic carbocycles. The van der Waals surface area contributed by atoms with E-state index in [9.17, 15) is 0 Å². The first-order chi connectivity index (χ1) is 7.93. The van der Waals surface area contributed by atoms with Crippen LogP contribution < -0.4 is 0 Å². The number of nitrogens with zero attached hydrogens (tertiary/aromatic N) is 3. The third-order valence-electron chi connectivity index (χ3n) is 2.36. The zero-order chi connectivity index (χ0) is 10.8. The van der Waals surface area contributed by atoms with Crippen molar-refractivity contribution in [3.63, 3.8) is 0 Å². The standard InChI is InChI=1S/C12H9N3O/c1-2-5-9(4-1)12-14-11(15-16-12)10-6-3-7-13-8-10/h1,3-8H,2H2. The summed E-state index contributed by atoms with van der Waals surface area (Å²) in [5.41, 5.74) is 1.85. The van der Waals surface area contributed by atoms with Crippen molar-refractivity contribution >= 4 is 5.57 Å². The predicted octanol–water partition coefficient (Wildman–Crippen LogP) is 2.47. The number of pyridine rings is 1. The number of hydrogen-bond donors (Lipinski definition) is 0. The Morgan fingerprint density at radius 3 is 3.06 bits per heavy atom. The molecule has 0 saturated heterocycles. The fraction of sp³-hybridized carbons (Fsp3) is 0.0833. The van der Waals surface area contributed by atoms with E-state index in [0.29, 0.717) is 11.7 Å². The highest BCUT2D eigenvalue weighted by atomic mass is 16.5. The lowest BCUT2D eigenvalue weighted by Gasteiger charge is -1.90. The molecule has 0 spiro atoms. The first-order valence-electron chi connectivity index (χ1n) is 5.05. The maximum Gasteiger partial charge on any atom is 0.257 e. The Labute approximate surface area is 92.3 Å². The Morgan fingerprint density at radius 2 is 2.31 bits per heavy atom. The molecule has 16 heavy (non-hydrogen) atoms. The first kappa shape index (κ1) is 9.03. The highest BCUT2D eigenvalue weighted by molar-refractivity contribution is 5.72. The summed E-state index contributed by atoms with van der Waals surface area (Å²) in [4.78, 5) is 8.34. The molecule has 0 radical (unpaired) electrons. The van der Waals surface area contributed by atoms with E-state index in [1.807, 2.05) is 18.2 Å². The van der Waals surface area contributed by atoms with Crippen LogP contribution in [0.1, 0.15) is 12.3 Å². The van der Waals surface area contributed by atoms with Gasteiger partial charge >= 0.3 is 0 Å². The zero-order valence-electron chi connectivity index (χ0n) is 8.50. The number of aromatic nitrogens is 3. The zero-order valence-corrected chi connectivity index (χ0v) is 8.50. The minimum atomic E-state index is 0.563. The van der Waals surface area contributed by atoms with E-state index in [0.717, 1.165) is 17.6 Å². The molecule has 0 N–H and O–H groups in total. The summed E-state index contributed by atoms with van der Waals surface area (Å²) < 4.78 is 5.19. The van der Waals surface area contributed by atoms with Gasteiger partial charge in [-0.1, -0.05) is 23.4 Å². The average Bonchev–Trinajstić information content (AvgIpc) is 3.01. The SMILES string of the molecule is C1=CC(c2nc(-c3cccnc3)no2)=CC1. The Balaban J connectivity index is 1.97. The van der Waals surface area contributed by atoms with Crippen molar-refractivity contribution < 1.29 is 4.52 Å². The van der Waals surface area contributed by atoms with E-state index in [1.54, 1.807) is 12.4 Å². The molecule has 2 heterocycles. The summed E-state index contributed by atoms with van der Waals surface area (Å²) in [5.74, 6) is 1.14. The van der Waals surface area contributed by atoms with Gasteiger partial charge in [-0.25, -0.2) is 0 Å². The van der Waals surface area contributed by atoms with Crippen molar-refractivity contribution in [3.05, 3.63) is 48.6 Å². The fourth-order valence-corrected chi connectivity index (χ4v) is 1.57. The molecule has 78 valence electrons. The molecule has 0 aliphatic heterocycles. The van der Waals surface area contributed by atoms with Gasteiger partial charge in [0.15, 0.2) is 0 Å². The molecule has 3 rings (SSSR count). The topological polar surface area (TPSA) is 51.8 Å². The van der Waals surface area contributed by atoms with Gasteiger partial charge in [0, 0.05) is 23.5 Å². The molecule has 1 aliphatic rings. The maximum atomic E-state index is 5.19. The van der Waals surface area contributed by atoms with E-state index in [1.165, 1.54) is 0 Å². The molecule has 2 aromatic heterocycles. The van der Waals surface area contributed by atoms with E-state index in [-0.39, 0.29) is 0 Å². The van der Waals surface area contributed by atoms with Gasteiger partial charge in [-0.3, -0.25) is 4.98 Å². The van der Waals surface area contributed by atoms with Crippen LogP contribution in [-0.2, 0) is 0 Å². The quantitative estimate of drug-likeness (QED) is 0.765. The molecule has 1 aliphatic carbocycles. The van der Waals surface area contributed by atoms with Crippen LogP contribution in [0.5, 0.6) is 0 Å². The number of rotatable bonds is 2. The van der Waals surface area contributed by atoms with Crippen molar-refractivity contribution in [3.8, 4) is 11.4 Å². The highest BCUT2D eigenvalue weighted by Gasteiger charge is 2.12. The third-order valence-corrected chi connectivity index (χ3v) is 2.36. The van der Waals surface area contributed by atoms with Crippen LogP contribution in [0, 0.1) is 0 Å². The van der Waals surface area contributed by atoms with Crippen molar-refractivity contribution in [1.29, 1.82) is 0 Å². The summed E-state index contributed by atoms with van der Waals surface area (Å²) in [6, 6.07) is 3.75. The normalized spacial score (nSPS) is 14.1. The predicted molar refractivity (Wildman–Crippen MR) is 59.3 cm³/mol. The van der Waals surface area contributed by atoms with E-state index < -0.39 is 0 Å². The summed E-state index contributed by atoms with van der Waals surface area (Å²) >= 11 is 0. The minimum Gasteiger partial charge on any atom is -0.334 e. The second kappa shape index (κ2) is 3.73. The molecule has 4 heteroatoms. The molecule has 0 unspecified atom stereocenters. The molecule has 0 bridgehead atoms. The van der Waals surface area contributed by atoms with Crippen LogP contribution in [-0.4, -0.2) is 15.1 Å². The van der Waals surface area contributed by atoms with Crippen molar-refractivity contribution in [2.75, 3.05) is 0 Å². The highest BCUT2D eigenvalue weighted by Crippen LogP contribution is 2.22. The van der Waals surface area contributed by atoms with Crippen LogP contribution >= 0.6 is 0 Å². The van der Waals surface area contributed by atoms with Crippen molar-refractivity contribution in [2.45, 2.75) is 6.42 Å². The van der Waals surface area contributed by atoms with Gasteiger partial charge in [-0.05, 0) is 18.6 Å². The average molecular weight is 211 g/mol. The fourth-order valence-electron chi connectivity index (χ4n) is 1.57. The maximum absolute atomic E-state index is 5.19. The molecular weight excluding hydrogens is 202 g/mol. The van der Waals surface area contributed by atoms with Crippen LogP contribution in [0.25, 0.3) is 17.0 Å². The Kier molecular flexibility index (Phi) is 2.11. The smallest absolute Gasteiger partial charge is 0.257 e. The van der Waals surface area contributed by atoms with Crippen molar-refractivity contribution in [1.82, 2.24) is 15.1 Å². The molecule has 0 fully saturated rings. The van der Waals surface area contributed by atoms with E-state index >= 15 is 0 Å². The Bertz CT molecular complexity index is 555. The second-order valence-electron chi connectivity index (χ2n) is 3.46. The van der Waals surface area contributed by atoms with E-state index in [4.69, 9.17) is 4.52 Å². The third kappa shape index (κ3) is 1.54. The van der Waals surface area contributed by atoms with E-state index in [2.05, 4.69) is 27.3 Å². The monoisotopic (exact) mass is 211 g/mol. The summed E-state index contributed by atoms with van der Waals surface area (Å²) in [6.07, 6.45) is 10.5. The van der Waals surface area contributed by atoms with Gasteiger partial charge in [0.2, 0.25) is 5.82 Å². The Morgan fingerprint density at radius 1 is 1.31 bits per heavy atom. The first-order valence-corrected chi connectivity index (χ1v) is 5.05. The number of allylic oxidation sites excluding steroid dienone is 4. The van der Waals surface area contributed by atoms with Crippen LogP contribution in [0.3, 0.4) is 0 Å². The largest absolute Gasteiger partial charge is 0.334 e. The van der Waals surface area contributed by atoms with Crippen LogP contribution in [0.2, 0.25) is 0 Å². The van der Waals surface area contributed by atoms with Crippen LogP contribution in [0.15, 0.2) is 47.3 Å². The van der Waals surface area contributed by atoms with Gasteiger partial charge in [0.25, 0.3) is 5.89 Å². The molecule has 0 saturated carbocycles. The molecule has 0 atom stereocenters. The lowest BCUT2D eigenvalue weighted by atomic mass is 10.2. The minimum absolute atomic E-state index is 0.563. The van der Waals surface area contributed by atoms with Gasteiger partial charge in [0.1, 0.15) is 0 Å². The van der Waals surface area contributed by atoms with Gasteiger partial charge < -0.3 is 4.52 Å². The summed E-state index contributed by atoms with van der Waals surface area (Å²) in [6.45, 7) is 0. The molecule has 2 aromatic rings. The molecule has 0 amide bonds. The second-order valence-corrected chi connectivity index (χ2v) is 3.46. The molecule has 4 nitrogen and oxygen atoms in total. The van der Waals surface area contributed by atoms with Crippen LogP contribution in [0.4, 0.5) is 0 Å². The summed E-state index contributed by atoms with van der Waals surface area (Å²) in [7, 11) is 0. The van der Waals surface area contributed by atoms with Gasteiger partial charge in [-0.15, -0.1) is 0 Å². The lowest BCUT2D eigenvalue weighted by Crippen LogP contribution is -1.82. The number of hydrogen-bond acceptors (Lipinski definition) is 4. The lowest BCUT2D eigenvalue weighted by molar-refractivity contribution is 0.409. The van der Waals surface area contributed by atoms with Gasteiger partial charge in [-0.2, -0.15) is 4.98 Å².